The van der Waals surface area contributed by atoms with Crippen LogP contribution in [0.2, 0.25) is 0 Å². The summed E-state index contributed by atoms with van der Waals surface area (Å²) in [6.07, 6.45) is -13.5. The molecule has 0 aliphatic carbocycles. The van der Waals surface area contributed by atoms with Gasteiger partial charge in [-0.1, -0.05) is 12.1 Å². The summed E-state index contributed by atoms with van der Waals surface area (Å²) < 4.78 is 122. The molecule has 0 heterocycles. The summed E-state index contributed by atoms with van der Waals surface area (Å²) in [5.74, 6) is -8.13. The molecule has 0 aliphatic rings. The fourth-order valence-electron chi connectivity index (χ4n) is 3.67. The van der Waals surface area contributed by atoms with Crippen LogP contribution < -0.4 is 8.01 Å². The number of halogens is 11. The van der Waals surface area contributed by atoms with Crippen molar-refractivity contribution in [1.29, 1.82) is 5.26 Å². The monoisotopic (exact) mass is 825 g/mol. The minimum absolute atomic E-state index is 0.0417. The van der Waals surface area contributed by atoms with Gasteiger partial charge in [-0.25, -0.2) is 7.50 Å². The molecule has 0 spiro atoms. The van der Waals surface area contributed by atoms with Crippen LogP contribution in [0.15, 0.2) is 66.7 Å². The zero-order chi connectivity index (χ0) is 31.8. The van der Waals surface area contributed by atoms with E-state index in [4.69, 9.17) is 5.26 Å². The van der Waals surface area contributed by atoms with Gasteiger partial charge in [0, 0.05) is 33.0 Å². The third kappa shape index (κ3) is 6.02. The Morgan fingerprint density at radius 2 is 1.38 bits per heavy atom. The fraction of sp³-hybridized carbons (Fsp3) is 0.192. The molecule has 0 radical (unpaired) electrons. The summed E-state index contributed by atoms with van der Waals surface area (Å²) in [7, 11) is 1.41. The number of benzene rings is 3. The summed E-state index contributed by atoms with van der Waals surface area (Å²) in [4.78, 5) is 27.2. The smallest absolute Gasteiger partial charge is 0.311 e. The molecule has 5 nitrogen and oxygen atoms in total. The second-order valence-electron chi connectivity index (χ2n) is 8.58. The Kier molecular flexibility index (Phi) is 9.47. The van der Waals surface area contributed by atoms with Crippen molar-refractivity contribution in [1.82, 2.24) is 0 Å². The van der Waals surface area contributed by atoms with Crippen molar-refractivity contribution < 1.29 is 49.1 Å². The summed E-state index contributed by atoms with van der Waals surface area (Å²) in [5, 5.41) is 8.91. The number of amides is 2. The van der Waals surface area contributed by atoms with E-state index in [1.807, 2.05) is 6.07 Å². The first-order valence-corrected chi connectivity index (χ1v) is 13.2. The Hall–Kier alpha value is -3.08. The Bertz CT molecular complexity index is 1550. The average molecular weight is 825 g/mol. The van der Waals surface area contributed by atoms with Gasteiger partial charge in [-0.15, -0.1) is 0 Å². The van der Waals surface area contributed by atoms with Gasteiger partial charge in [0.25, 0.3) is 11.8 Å². The topological polar surface area (TPSA) is 64.4 Å². The van der Waals surface area contributed by atoms with Gasteiger partial charge in [0.2, 0.25) is 0 Å². The normalized spacial score (nSPS) is 13.6. The quantitative estimate of drug-likeness (QED) is 0.143. The van der Waals surface area contributed by atoms with Gasteiger partial charge >= 0.3 is 23.9 Å². The summed E-state index contributed by atoms with van der Waals surface area (Å²) in [6, 6.07) is 14.1. The number of hydrogen-bond donors (Lipinski definition) is 0. The molecule has 3 aromatic carbocycles. The van der Waals surface area contributed by atoms with Crippen LogP contribution in [0.3, 0.4) is 0 Å². The largest absolute Gasteiger partial charge is 0.457 e. The van der Waals surface area contributed by atoms with Crippen molar-refractivity contribution >= 4 is 68.6 Å². The molecule has 0 aromatic heterocycles. The maximum Gasteiger partial charge on any atom is 0.457 e. The Balaban J connectivity index is 1.94. The van der Waals surface area contributed by atoms with Crippen molar-refractivity contribution in [2.24, 2.45) is 0 Å². The Morgan fingerprint density at radius 1 is 0.786 bits per heavy atom. The molecule has 0 saturated carbocycles. The van der Waals surface area contributed by atoms with E-state index in [-0.39, 0.29) is 34.6 Å². The third-order valence-corrected chi connectivity index (χ3v) is 7.78. The van der Waals surface area contributed by atoms with E-state index in [9.17, 15) is 49.1 Å². The van der Waals surface area contributed by atoms with Gasteiger partial charge < -0.3 is 4.90 Å². The van der Waals surface area contributed by atoms with E-state index in [1.54, 1.807) is 0 Å². The highest BCUT2D eigenvalue weighted by molar-refractivity contribution is 14.1. The molecule has 2 amide bonds. The van der Waals surface area contributed by atoms with Crippen molar-refractivity contribution in [3.8, 4) is 6.07 Å². The first-order chi connectivity index (χ1) is 19.3. The number of anilines is 2. The maximum absolute atomic E-state index is 14.9. The molecule has 0 aliphatic heterocycles. The molecule has 0 saturated heterocycles. The van der Waals surface area contributed by atoms with Crippen LogP contribution in [-0.4, -0.2) is 37.1 Å². The van der Waals surface area contributed by atoms with E-state index in [0.717, 1.165) is 3.11 Å². The van der Waals surface area contributed by atoms with Crippen molar-refractivity contribution in [2.75, 3.05) is 15.1 Å². The fourth-order valence-corrected chi connectivity index (χ4v) is 5.58. The molecular formula is C26H14F9I2N3O2. The number of alkyl halides is 9. The van der Waals surface area contributed by atoms with Gasteiger partial charge in [-0.2, -0.15) is 40.4 Å². The SMILES string of the molecule is CN(C(=O)c1ccc(C#N)cc1)c1cccc(C(=O)N(I)c2ccc(C(F)(C(F)(F)F)C(F)(F)C(F)(F)F)cc2I)c1. The molecule has 222 valence electrons. The van der Waals surface area contributed by atoms with E-state index in [1.165, 1.54) is 106 Å². The lowest BCUT2D eigenvalue weighted by Gasteiger charge is -2.36. The number of hydrogen-bond acceptors (Lipinski definition) is 3. The lowest BCUT2D eigenvalue weighted by Crippen LogP contribution is -2.59. The number of nitriles is 1. The predicted octanol–water partition coefficient (Wildman–Crippen LogP) is 8.36. The Labute approximate surface area is 259 Å². The summed E-state index contributed by atoms with van der Waals surface area (Å²) in [6.45, 7) is 0. The van der Waals surface area contributed by atoms with E-state index in [0.29, 0.717) is 11.6 Å². The molecule has 3 rings (SSSR count). The van der Waals surface area contributed by atoms with E-state index in [2.05, 4.69) is 0 Å². The molecule has 3 aromatic rings. The highest BCUT2D eigenvalue weighted by Crippen LogP contribution is 2.58. The molecule has 16 heteroatoms. The van der Waals surface area contributed by atoms with Crippen LogP contribution in [0.25, 0.3) is 0 Å². The van der Waals surface area contributed by atoms with Crippen molar-refractivity contribution in [2.45, 2.75) is 23.9 Å². The minimum atomic E-state index is -6.87. The molecule has 0 N–H and O–H groups in total. The zero-order valence-corrected chi connectivity index (χ0v) is 25.0. The van der Waals surface area contributed by atoms with Crippen LogP contribution in [-0.2, 0) is 5.67 Å². The number of carbonyl (C=O) groups is 2. The van der Waals surface area contributed by atoms with Crippen molar-refractivity contribution in [3.63, 3.8) is 0 Å². The summed E-state index contributed by atoms with van der Waals surface area (Å²) in [5.41, 5.74) is -7.60. The lowest BCUT2D eigenvalue weighted by molar-refractivity contribution is -0.389. The van der Waals surface area contributed by atoms with Crippen LogP contribution in [0.5, 0.6) is 0 Å². The number of nitrogens with zero attached hydrogens (tertiary/aromatic N) is 3. The van der Waals surface area contributed by atoms with Gasteiger partial charge in [0.15, 0.2) is 0 Å². The van der Waals surface area contributed by atoms with Crippen molar-refractivity contribution in [3.05, 3.63) is 92.6 Å². The predicted molar refractivity (Wildman–Crippen MR) is 150 cm³/mol. The van der Waals surface area contributed by atoms with Crippen LogP contribution >= 0.6 is 45.5 Å². The molecular weight excluding hydrogens is 811 g/mol. The molecule has 1 atom stereocenters. The van der Waals surface area contributed by atoms with E-state index >= 15 is 0 Å². The number of carbonyl (C=O) groups excluding carboxylic acids is 2. The second-order valence-corrected chi connectivity index (χ2v) is 10.7. The first kappa shape index (κ1) is 33.4. The molecule has 0 bridgehead atoms. The van der Waals surface area contributed by atoms with Gasteiger partial charge in [-0.05, 0) is 77.2 Å². The lowest BCUT2D eigenvalue weighted by atomic mass is 9.87. The van der Waals surface area contributed by atoms with Gasteiger partial charge in [-0.3, -0.25) is 9.59 Å². The van der Waals surface area contributed by atoms with E-state index < -0.39 is 44.9 Å². The maximum atomic E-state index is 14.9. The average Bonchev–Trinajstić information content (AvgIpc) is 2.93. The highest BCUT2D eigenvalue weighted by Gasteiger charge is 2.81. The standard InChI is InChI=1S/C26H14F9I2N3O2/c1-39(21(41)15-7-5-14(13-38)6-8-15)18-4-2-3-16(11-18)22(42)40(37)20-10-9-17(12-19(20)36)23(27,25(30,31)32)24(28,29)26(33,34)35/h2-12H,1H3. The molecule has 1 unspecified atom stereocenters. The van der Waals surface area contributed by atoms with Gasteiger partial charge in [0.1, 0.15) is 0 Å². The second kappa shape index (κ2) is 11.9. The van der Waals surface area contributed by atoms with Crippen LogP contribution in [0, 0.1) is 14.9 Å². The molecule has 0 fully saturated rings. The zero-order valence-electron chi connectivity index (χ0n) is 20.7. The van der Waals surface area contributed by atoms with Crippen LogP contribution in [0.1, 0.15) is 31.8 Å². The first-order valence-electron chi connectivity index (χ1n) is 11.2. The summed E-state index contributed by atoms with van der Waals surface area (Å²) >= 11 is 2.70. The minimum Gasteiger partial charge on any atom is -0.311 e. The Morgan fingerprint density at radius 3 is 1.88 bits per heavy atom. The number of rotatable bonds is 6. The highest BCUT2D eigenvalue weighted by atomic mass is 127. The third-order valence-electron chi connectivity index (χ3n) is 5.96. The van der Waals surface area contributed by atoms with Gasteiger partial charge in [0.05, 0.1) is 40.2 Å². The van der Waals surface area contributed by atoms with Crippen LogP contribution in [0.4, 0.5) is 50.9 Å². The molecule has 42 heavy (non-hydrogen) atoms.